The number of primary amides is 1. The predicted molar refractivity (Wildman–Crippen MR) is 102 cm³/mol. The van der Waals surface area contributed by atoms with Crippen LogP contribution in [0.15, 0.2) is 36.5 Å². The lowest BCUT2D eigenvalue weighted by molar-refractivity contribution is 0.0990. The van der Waals surface area contributed by atoms with E-state index in [2.05, 4.69) is 15.4 Å². The monoisotopic (exact) mass is 381 g/mol. The quantitative estimate of drug-likeness (QED) is 0.709. The highest BCUT2D eigenvalue weighted by Gasteiger charge is 2.23. The minimum Gasteiger partial charge on any atom is -0.364 e. The van der Waals surface area contributed by atoms with Gasteiger partial charge in [0.25, 0.3) is 11.8 Å². The van der Waals surface area contributed by atoms with Gasteiger partial charge in [0.05, 0.1) is 5.52 Å². The summed E-state index contributed by atoms with van der Waals surface area (Å²) in [6.45, 7) is 0.613. The van der Waals surface area contributed by atoms with Gasteiger partial charge >= 0.3 is 0 Å². The van der Waals surface area contributed by atoms with E-state index in [1.165, 1.54) is 37.2 Å². The van der Waals surface area contributed by atoms with Gasteiger partial charge in [-0.1, -0.05) is 12.8 Å². The standard InChI is InChI=1S/C20H20FN5O2/c21-13-5-6-15-16(9-13)25-26(11-12-3-1-2-4-12)18(15)20(28)24-14-7-8-23-17(10-14)19(22)27/h5-10,12H,1-4,11H2,(H2,22,27)(H,23,24,28). The molecule has 1 aliphatic rings. The first-order valence-corrected chi connectivity index (χ1v) is 9.24. The van der Waals surface area contributed by atoms with Crippen molar-refractivity contribution in [3.05, 3.63) is 53.7 Å². The minimum absolute atomic E-state index is 0.0594. The number of fused-ring (bicyclic) bond motifs is 1. The molecule has 4 rings (SSSR count). The van der Waals surface area contributed by atoms with Crippen molar-refractivity contribution < 1.29 is 14.0 Å². The third kappa shape index (κ3) is 3.58. The van der Waals surface area contributed by atoms with E-state index in [4.69, 9.17) is 5.73 Å². The number of amides is 2. The summed E-state index contributed by atoms with van der Waals surface area (Å²) in [5, 5.41) is 7.83. The van der Waals surface area contributed by atoms with Crippen LogP contribution in [0.25, 0.3) is 10.9 Å². The van der Waals surface area contributed by atoms with Crippen LogP contribution < -0.4 is 11.1 Å². The fourth-order valence-electron chi connectivity index (χ4n) is 3.75. The summed E-state index contributed by atoms with van der Waals surface area (Å²) in [5.41, 5.74) is 6.52. The molecular weight excluding hydrogens is 361 g/mol. The van der Waals surface area contributed by atoms with Crippen molar-refractivity contribution in [2.45, 2.75) is 32.2 Å². The summed E-state index contributed by atoms with van der Waals surface area (Å²) < 4.78 is 15.3. The van der Waals surface area contributed by atoms with Gasteiger partial charge in [-0.3, -0.25) is 19.3 Å². The molecule has 2 heterocycles. The fraction of sp³-hybridized carbons (Fsp3) is 0.300. The Bertz CT molecular complexity index is 1060. The lowest BCUT2D eigenvalue weighted by atomic mass is 10.1. The molecule has 28 heavy (non-hydrogen) atoms. The van der Waals surface area contributed by atoms with Crippen LogP contribution >= 0.6 is 0 Å². The molecule has 0 spiro atoms. The number of hydrogen-bond donors (Lipinski definition) is 2. The van der Waals surface area contributed by atoms with E-state index < -0.39 is 11.7 Å². The second kappa shape index (κ2) is 7.38. The SMILES string of the molecule is NC(=O)c1cc(NC(=O)c2c3ccc(F)cc3nn2CC2CCCC2)ccn1. The number of rotatable bonds is 5. The highest BCUT2D eigenvalue weighted by molar-refractivity contribution is 6.11. The number of pyridine rings is 1. The lowest BCUT2D eigenvalue weighted by Gasteiger charge is -2.13. The van der Waals surface area contributed by atoms with Crippen LogP contribution in [-0.2, 0) is 6.54 Å². The number of nitrogens with one attached hydrogen (secondary N) is 1. The number of carbonyl (C=O) groups is 2. The van der Waals surface area contributed by atoms with Crippen LogP contribution in [0.4, 0.5) is 10.1 Å². The summed E-state index contributed by atoms with van der Waals surface area (Å²) in [5.74, 6) is -1.00. The Morgan fingerprint density at radius 2 is 2.00 bits per heavy atom. The molecule has 2 amide bonds. The Labute approximate surface area is 160 Å². The van der Waals surface area contributed by atoms with E-state index in [-0.39, 0.29) is 11.6 Å². The number of halogens is 1. The smallest absolute Gasteiger partial charge is 0.274 e. The van der Waals surface area contributed by atoms with Crippen molar-refractivity contribution in [2.24, 2.45) is 11.7 Å². The molecule has 0 unspecified atom stereocenters. The van der Waals surface area contributed by atoms with Gasteiger partial charge in [0.15, 0.2) is 0 Å². The maximum absolute atomic E-state index is 13.6. The lowest BCUT2D eigenvalue weighted by Crippen LogP contribution is -2.21. The molecule has 1 saturated carbocycles. The number of benzene rings is 1. The molecule has 0 radical (unpaired) electrons. The van der Waals surface area contributed by atoms with Crippen LogP contribution in [0.2, 0.25) is 0 Å². The average molecular weight is 381 g/mol. The molecule has 1 aliphatic carbocycles. The molecule has 1 aromatic carbocycles. The molecule has 7 nitrogen and oxygen atoms in total. The summed E-state index contributed by atoms with van der Waals surface area (Å²) in [7, 11) is 0. The normalized spacial score (nSPS) is 14.5. The number of nitrogens with zero attached hydrogens (tertiary/aromatic N) is 3. The summed E-state index contributed by atoms with van der Waals surface area (Å²) >= 11 is 0. The number of carbonyl (C=O) groups excluding carboxylic acids is 2. The van der Waals surface area contributed by atoms with Crippen LogP contribution in [0, 0.1) is 11.7 Å². The minimum atomic E-state index is -0.678. The second-order valence-corrected chi connectivity index (χ2v) is 7.09. The molecule has 1 fully saturated rings. The molecule has 3 N–H and O–H groups in total. The molecule has 0 saturated heterocycles. The maximum atomic E-state index is 13.6. The predicted octanol–water partition coefficient (Wildman–Crippen LogP) is 3.11. The van der Waals surface area contributed by atoms with Crippen molar-refractivity contribution in [1.82, 2.24) is 14.8 Å². The van der Waals surface area contributed by atoms with Crippen molar-refractivity contribution in [3.63, 3.8) is 0 Å². The molecule has 2 aromatic heterocycles. The molecule has 0 aliphatic heterocycles. The Balaban J connectivity index is 1.70. The van der Waals surface area contributed by atoms with Gasteiger partial charge in [-0.15, -0.1) is 0 Å². The molecule has 144 valence electrons. The Kier molecular flexibility index (Phi) is 4.77. The van der Waals surface area contributed by atoms with Gasteiger partial charge in [0, 0.05) is 29.9 Å². The van der Waals surface area contributed by atoms with Crippen LogP contribution in [-0.4, -0.2) is 26.6 Å². The van der Waals surface area contributed by atoms with Gasteiger partial charge in [0.1, 0.15) is 17.2 Å². The Morgan fingerprint density at radius 1 is 1.21 bits per heavy atom. The zero-order valence-corrected chi connectivity index (χ0v) is 15.2. The highest BCUT2D eigenvalue weighted by Crippen LogP contribution is 2.28. The average Bonchev–Trinajstić information content (AvgIpc) is 3.29. The van der Waals surface area contributed by atoms with Gasteiger partial charge in [-0.05, 0) is 43.0 Å². The van der Waals surface area contributed by atoms with E-state index >= 15 is 0 Å². The third-order valence-corrected chi connectivity index (χ3v) is 5.09. The molecule has 3 aromatic rings. The van der Waals surface area contributed by atoms with Crippen molar-refractivity contribution in [2.75, 3.05) is 5.32 Å². The maximum Gasteiger partial charge on any atom is 0.274 e. The van der Waals surface area contributed by atoms with E-state index in [9.17, 15) is 14.0 Å². The van der Waals surface area contributed by atoms with E-state index in [1.807, 2.05) is 0 Å². The number of anilines is 1. The first-order chi connectivity index (χ1) is 13.5. The largest absolute Gasteiger partial charge is 0.364 e. The number of hydrogen-bond acceptors (Lipinski definition) is 4. The Morgan fingerprint density at radius 3 is 2.75 bits per heavy atom. The fourth-order valence-corrected chi connectivity index (χ4v) is 3.75. The Hall–Kier alpha value is -3.29. The van der Waals surface area contributed by atoms with Gasteiger partial charge in [-0.2, -0.15) is 5.10 Å². The molecule has 0 bridgehead atoms. The first kappa shape index (κ1) is 18.1. The van der Waals surface area contributed by atoms with Crippen LogP contribution in [0.1, 0.15) is 46.7 Å². The van der Waals surface area contributed by atoms with Crippen molar-refractivity contribution in [1.29, 1.82) is 0 Å². The van der Waals surface area contributed by atoms with Crippen molar-refractivity contribution >= 4 is 28.4 Å². The number of nitrogens with two attached hydrogens (primary N) is 1. The third-order valence-electron chi connectivity index (χ3n) is 5.09. The topological polar surface area (TPSA) is 103 Å². The molecular formula is C20H20FN5O2. The second-order valence-electron chi connectivity index (χ2n) is 7.09. The molecule has 8 heteroatoms. The van der Waals surface area contributed by atoms with E-state index in [0.717, 1.165) is 12.8 Å². The van der Waals surface area contributed by atoms with Gasteiger partial charge in [-0.25, -0.2) is 4.39 Å². The zero-order chi connectivity index (χ0) is 19.7. The molecule has 0 atom stereocenters. The van der Waals surface area contributed by atoms with E-state index in [0.29, 0.717) is 34.7 Å². The van der Waals surface area contributed by atoms with Crippen LogP contribution in [0.3, 0.4) is 0 Å². The highest BCUT2D eigenvalue weighted by atomic mass is 19.1. The summed E-state index contributed by atoms with van der Waals surface area (Å²) in [4.78, 5) is 28.2. The van der Waals surface area contributed by atoms with Crippen molar-refractivity contribution in [3.8, 4) is 0 Å². The van der Waals surface area contributed by atoms with Gasteiger partial charge in [0.2, 0.25) is 0 Å². The van der Waals surface area contributed by atoms with Crippen LogP contribution in [0.5, 0.6) is 0 Å². The summed E-state index contributed by atoms with van der Waals surface area (Å²) in [6.07, 6.45) is 5.94. The summed E-state index contributed by atoms with van der Waals surface area (Å²) in [6, 6.07) is 7.20. The van der Waals surface area contributed by atoms with E-state index in [1.54, 1.807) is 16.8 Å². The van der Waals surface area contributed by atoms with Gasteiger partial charge < -0.3 is 11.1 Å². The first-order valence-electron chi connectivity index (χ1n) is 9.24. The number of aromatic nitrogens is 3. The zero-order valence-electron chi connectivity index (χ0n) is 15.2.